The summed E-state index contributed by atoms with van der Waals surface area (Å²) in [4.78, 5) is 10.7. The van der Waals surface area contributed by atoms with Crippen molar-refractivity contribution < 1.29 is 0 Å². The van der Waals surface area contributed by atoms with Gasteiger partial charge in [-0.25, -0.2) is 4.99 Å². The predicted octanol–water partition coefficient (Wildman–Crippen LogP) is 4.38. The van der Waals surface area contributed by atoms with Crippen LogP contribution in [-0.4, -0.2) is 41.6 Å². The number of benzene rings is 1. The van der Waals surface area contributed by atoms with Gasteiger partial charge in [-0.15, -0.1) is 0 Å². The van der Waals surface area contributed by atoms with Gasteiger partial charge >= 0.3 is 0 Å². The Morgan fingerprint density at radius 1 is 1.12 bits per heavy atom. The van der Waals surface area contributed by atoms with Gasteiger partial charge < -0.3 is 4.90 Å². The Bertz CT molecular complexity index is 705. The summed E-state index contributed by atoms with van der Waals surface area (Å²) >= 11 is 0. The summed E-state index contributed by atoms with van der Waals surface area (Å²) in [6.45, 7) is 5.99. The SMILES string of the molecule is CCCc1ccc(CCCN(C)C/C(C)=N/C(=N)c2cccnc2)cc1. The Hall–Kier alpha value is -2.33. The van der Waals surface area contributed by atoms with Crippen molar-refractivity contribution in [1.29, 1.82) is 5.41 Å². The molecular formula is C22H30N4. The van der Waals surface area contributed by atoms with Crippen LogP contribution in [0.15, 0.2) is 53.8 Å². The summed E-state index contributed by atoms with van der Waals surface area (Å²) in [5, 5.41) is 8.06. The molecule has 0 radical (unpaired) electrons. The summed E-state index contributed by atoms with van der Waals surface area (Å²) in [5.41, 5.74) is 4.53. The number of nitrogens with one attached hydrogen (secondary N) is 1. The normalized spacial score (nSPS) is 11.8. The molecule has 0 saturated carbocycles. The molecule has 0 unspecified atom stereocenters. The molecule has 0 aliphatic rings. The average Bonchev–Trinajstić information content (AvgIpc) is 2.64. The first-order chi connectivity index (χ1) is 12.6. The molecule has 0 atom stereocenters. The van der Waals surface area contributed by atoms with Crippen molar-refractivity contribution in [1.82, 2.24) is 9.88 Å². The number of hydrogen-bond acceptors (Lipinski definition) is 3. The second kappa shape index (κ2) is 10.6. The summed E-state index contributed by atoms with van der Waals surface area (Å²) in [6.07, 6.45) is 7.96. The topological polar surface area (TPSA) is 52.3 Å². The third-order valence-electron chi connectivity index (χ3n) is 4.30. The van der Waals surface area contributed by atoms with Crippen LogP contribution in [0.2, 0.25) is 0 Å². The first-order valence-corrected chi connectivity index (χ1v) is 9.38. The smallest absolute Gasteiger partial charge is 0.153 e. The van der Waals surface area contributed by atoms with Gasteiger partial charge in [-0.1, -0.05) is 37.6 Å². The van der Waals surface area contributed by atoms with E-state index in [0.29, 0.717) is 0 Å². The number of rotatable bonds is 9. The van der Waals surface area contributed by atoms with E-state index in [1.807, 2.05) is 19.1 Å². The number of amidine groups is 1. The summed E-state index contributed by atoms with van der Waals surface area (Å²) < 4.78 is 0. The number of aryl methyl sites for hydroxylation is 2. The molecule has 2 aromatic rings. The maximum absolute atomic E-state index is 8.06. The number of pyridine rings is 1. The van der Waals surface area contributed by atoms with Crippen molar-refractivity contribution >= 4 is 11.5 Å². The zero-order chi connectivity index (χ0) is 18.8. The lowest BCUT2D eigenvalue weighted by atomic mass is 10.0. The van der Waals surface area contributed by atoms with Crippen molar-refractivity contribution in [3.63, 3.8) is 0 Å². The minimum absolute atomic E-state index is 0.274. The number of hydrogen-bond donors (Lipinski definition) is 1. The molecule has 1 aromatic heterocycles. The van der Waals surface area contributed by atoms with Gasteiger partial charge in [0.2, 0.25) is 0 Å². The molecule has 0 aliphatic carbocycles. The van der Waals surface area contributed by atoms with E-state index >= 15 is 0 Å². The quantitative estimate of drug-likeness (QED) is 0.539. The van der Waals surface area contributed by atoms with Crippen LogP contribution in [0.1, 0.15) is 43.4 Å². The molecule has 4 nitrogen and oxygen atoms in total. The van der Waals surface area contributed by atoms with Gasteiger partial charge in [-0.05, 0) is 63.0 Å². The van der Waals surface area contributed by atoms with Crippen molar-refractivity contribution in [3.05, 3.63) is 65.5 Å². The lowest BCUT2D eigenvalue weighted by Crippen LogP contribution is -2.26. The minimum Gasteiger partial charge on any atom is -0.301 e. The zero-order valence-corrected chi connectivity index (χ0v) is 16.2. The fraction of sp³-hybridized carbons (Fsp3) is 0.409. The summed E-state index contributed by atoms with van der Waals surface area (Å²) in [5.74, 6) is 0.274. The second-order valence-electron chi connectivity index (χ2n) is 6.85. The van der Waals surface area contributed by atoms with Crippen LogP contribution >= 0.6 is 0 Å². The Labute approximate surface area is 157 Å². The highest BCUT2D eigenvalue weighted by Crippen LogP contribution is 2.09. The van der Waals surface area contributed by atoms with Gasteiger partial charge in [0.25, 0.3) is 0 Å². The van der Waals surface area contributed by atoms with E-state index in [2.05, 4.69) is 53.1 Å². The first kappa shape index (κ1) is 20.0. The second-order valence-corrected chi connectivity index (χ2v) is 6.85. The monoisotopic (exact) mass is 350 g/mol. The van der Waals surface area contributed by atoms with E-state index in [1.54, 1.807) is 12.4 Å². The lowest BCUT2D eigenvalue weighted by molar-refractivity contribution is 0.373. The van der Waals surface area contributed by atoms with Gasteiger partial charge in [-0.2, -0.15) is 0 Å². The molecule has 0 aliphatic heterocycles. The van der Waals surface area contributed by atoms with E-state index in [1.165, 1.54) is 17.5 Å². The van der Waals surface area contributed by atoms with Gasteiger partial charge in [0, 0.05) is 30.2 Å². The molecule has 0 saturated heterocycles. The third-order valence-corrected chi connectivity index (χ3v) is 4.30. The zero-order valence-electron chi connectivity index (χ0n) is 16.2. The molecule has 0 amide bonds. The van der Waals surface area contributed by atoms with E-state index in [-0.39, 0.29) is 5.84 Å². The van der Waals surface area contributed by atoms with Crippen LogP contribution in [0.25, 0.3) is 0 Å². The molecule has 2 rings (SSSR count). The van der Waals surface area contributed by atoms with Crippen molar-refractivity contribution in [3.8, 4) is 0 Å². The van der Waals surface area contributed by atoms with Crippen LogP contribution in [0.5, 0.6) is 0 Å². The van der Waals surface area contributed by atoms with Crippen LogP contribution in [0.4, 0.5) is 0 Å². The standard InChI is InChI=1S/C22H30N4/c1-4-7-19-10-12-20(13-11-19)8-6-15-26(3)17-18(2)25-22(23)21-9-5-14-24-16-21/h5,9-14,16,23H,4,6-8,15,17H2,1-3H3/b23-22?,25-18+. The van der Waals surface area contributed by atoms with Crippen molar-refractivity contribution in [2.45, 2.75) is 39.5 Å². The van der Waals surface area contributed by atoms with Gasteiger partial charge in [0.15, 0.2) is 5.84 Å². The Balaban J connectivity index is 1.74. The van der Waals surface area contributed by atoms with Crippen molar-refractivity contribution in [2.24, 2.45) is 4.99 Å². The number of aliphatic imine (C=N–C) groups is 1. The Kier molecular flexibility index (Phi) is 8.16. The van der Waals surface area contributed by atoms with Crippen molar-refractivity contribution in [2.75, 3.05) is 20.1 Å². The molecule has 0 fully saturated rings. The molecule has 0 bridgehead atoms. The van der Waals surface area contributed by atoms with E-state index in [4.69, 9.17) is 5.41 Å². The molecule has 0 spiro atoms. The highest BCUT2D eigenvalue weighted by molar-refractivity contribution is 6.05. The molecule has 1 N–H and O–H groups in total. The molecule has 138 valence electrons. The Morgan fingerprint density at radius 3 is 2.42 bits per heavy atom. The molecular weight excluding hydrogens is 320 g/mol. The molecule has 4 heteroatoms. The maximum Gasteiger partial charge on any atom is 0.153 e. The largest absolute Gasteiger partial charge is 0.301 e. The number of aromatic nitrogens is 1. The summed E-state index contributed by atoms with van der Waals surface area (Å²) in [7, 11) is 2.11. The number of nitrogens with zero attached hydrogens (tertiary/aromatic N) is 3. The van der Waals surface area contributed by atoms with Gasteiger partial charge in [-0.3, -0.25) is 10.4 Å². The van der Waals surface area contributed by atoms with Crippen LogP contribution in [0, 0.1) is 5.41 Å². The lowest BCUT2D eigenvalue weighted by Gasteiger charge is -2.16. The Morgan fingerprint density at radius 2 is 1.81 bits per heavy atom. The average molecular weight is 351 g/mol. The van der Waals surface area contributed by atoms with Gasteiger partial charge in [0.1, 0.15) is 0 Å². The fourth-order valence-electron chi connectivity index (χ4n) is 2.98. The molecule has 26 heavy (non-hydrogen) atoms. The van der Waals surface area contributed by atoms with Gasteiger partial charge in [0.05, 0.1) is 0 Å². The predicted molar refractivity (Wildman–Crippen MR) is 110 cm³/mol. The highest BCUT2D eigenvalue weighted by atomic mass is 15.1. The van der Waals surface area contributed by atoms with Crippen LogP contribution in [-0.2, 0) is 12.8 Å². The van der Waals surface area contributed by atoms with Crippen LogP contribution in [0.3, 0.4) is 0 Å². The van der Waals surface area contributed by atoms with E-state index < -0.39 is 0 Å². The van der Waals surface area contributed by atoms with E-state index in [0.717, 1.165) is 43.6 Å². The van der Waals surface area contributed by atoms with E-state index in [9.17, 15) is 0 Å². The molecule has 1 aromatic carbocycles. The fourth-order valence-corrected chi connectivity index (χ4v) is 2.98. The first-order valence-electron chi connectivity index (χ1n) is 9.38. The maximum atomic E-state index is 8.06. The highest BCUT2D eigenvalue weighted by Gasteiger charge is 2.04. The third kappa shape index (κ3) is 6.89. The molecule has 1 heterocycles. The van der Waals surface area contributed by atoms with Crippen LogP contribution < -0.4 is 0 Å². The minimum atomic E-state index is 0.274. The summed E-state index contributed by atoms with van der Waals surface area (Å²) in [6, 6.07) is 12.7.